The Bertz CT molecular complexity index is 1280. The number of aromatic amines is 1. The minimum Gasteiger partial charge on any atom is -0.496 e. The van der Waals surface area contributed by atoms with Gasteiger partial charge in [-0.25, -0.2) is 9.97 Å². The van der Waals surface area contributed by atoms with Crippen LogP contribution in [0.15, 0.2) is 54.9 Å². The SMILES string of the molecule is COc1cc(OCc2ncccc2C(F)(F)F)ccc1-c1nc(-c2ccc(F)nc2)[nH]c1Cl. The predicted octanol–water partition coefficient (Wildman–Crippen LogP) is 5.93. The molecule has 3 heterocycles. The Morgan fingerprint density at radius 1 is 1.09 bits per heavy atom. The quantitative estimate of drug-likeness (QED) is 0.274. The molecule has 0 radical (unpaired) electrons. The molecular weight excluding hydrogens is 464 g/mol. The normalized spacial score (nSPS) is 11.5. The highest BCUT2D eigenvalue weighted by atomic mass is 35.5. The second-order valence-electron chi connectivity index (χ2n) is 6.76. The van der Waals surface area contributed by atoms with Gasteiger partial charge in [0.1, 0.15) is 34.8 Å². The Morgan fingerprint density at radius 2 is 1.91 bits per heavy atom. The zero-order valence-corrected chi connectivity index (χ0v) is 17.7. The van der Waals surface area contributed by atoms with Crippen LogP contribution in [0.1, 0.15) is 11.3 Å². The topological polar surface area (TPSA) is 72.9 Å². The van der Waals surface area contributed by atoms with Gasteiger partial charge in [-0.05, 0) is 36.4 Å². The number of nitrogens with zero attached hydrogens (tertiary/aromatic N) is 3. The predicted molar refractivity (Wildman–Crippen MR) is 112 cm³/mol. The van der Waals surface area contributed by atoms with E-state index in [1.54, 1.807) is 12.1 Å². The van der Waals surface area contributed by atoms with Crippen molar-refractivity contribution in [3.05, 3.63) is 77.2 Å². The molecule has 33 heavy (non-hydrogen) atoms. The molecule has 6 nitrogen and oxygen atoms in total. The smallest absolute Gasteiger partial charge is 0.418 e. The van der Waals surface area contributed by atoms with Gasteiger partial charge >= 0.3 is 6.18 Å². The second-order valence-corrected chi connectivity index (χ2v) is 7.14. The highest BCUT2D eigenvalue weighted by Crippen LogP contribution is 2.38. The largest absolute Gasteiger partial charge is 0.496 e. The zero-order chi connectivity index (χ0) is 23.6. The average Bonchev–Trinajstić information content (AvgIpc) is 3.18. The maximum absolute atomic E-state index is 13.2. The minimum absolute atomic E-state index is 0.213. The van der Waals surface area contributed by atoms with Gasteiger partial charge in [-0.1, -0.05) is 11.6 Å². The van der Waals surface area contributed by atoms with Gasteiger partial charge < -0.3 is 14.5 Å². The molecule has 1 aromatic carbocycles. The molecule has 0 saturated heterocycles. The van der Waals surface area contributed by atoms with Gasteiger partial charge in [-0.15, -0.1) is 0 Å². The molecule has 0 aliphatic carbocycles. The first kappa shape index (κ1) is 22.5. The summed E-state index contributed by atoms with van der Waals surface area (Å²) in [6.45, 7) is -0.386. The Morgan fingerprint density at radius 3 is 2.61 bits per heavy atom. The fourth-order valence-corrected chi connectivity index (χ4v) is 3.34. The number of nitrogens with one attached hydrogen (secondary N) is 1. The minimum atomic E-state index is -4.54. The van der Waals surface area contributed by atoms with Crippen LogP contribution < -0.4 is 9.47 Å². The number of hydrogen-bond acceptors (Lipinski definition) is 5. The molecule has 4 aromatic rings. The van der Waals surface area contributed by atoms with E-state index in [9.17, 15) is 17.6 Å². The molecule has 11 heteroatoms. The number of pyridine rings is 2. The molecule has 0 spiro atoms. The first-order valence-corrected chi connectivity index (χ1v) is 9.84. The van der Waals surface area contributed by atoms with Crippen molar-refractivity contribution in [2.75, 3.05) is 7.11 Å². The van der Waals surface area contributed by atoms with E-state index in [2.05, 4.69) is 19.9 Å². The van der Waals surface area contributed by atoms with Gasteiger partial charge in [-0.3, -0.25) is 4.98 Å². The summed E-state index contributed by atoms with van der Waals surface area (Å²) in [5.41, 5.74) is 0.310. The van der Waals surface area contributed by atoms with Crippen molar-refractivity contribution in [1.29, 1.82) is 0 Å². The van der Waals surface area contributed by atoms with E-state index in [4.69, 9.17) is 21.1 Å². The Labute approximate surface area is 190 Å². The second kappa shape index (κ2) is 9.07. The van der Waals surface area contributed by atoms with Crippen LogP contribution in [0.25, 0.3) is 22.6 Å². The van der Waals surface area contributed by atoms with Crippen LogP contribution in [0.4, 0.5) is 17.6 Å². The number of rotatable bonds is 6. The number of H-pyrrole nitrogens is 1. The molecule has 3 aromatic heterocycles. The number of imidazole rings is 1. The van der Waals surface area contributed by atoms with E-state index < -0.39 is 17.7 Å². The third kappa shape index (κ3) is 4.90. The monoisotopic (exact) mass is 478 g/mol. The summed E-state index contributed by atoms with van der Waals surface area (Å²) in [6, 6.07) is 9.54. The number of ether oxygens (including phenoxy) is 2. The molecule has 4 rings (SSSR count). The Kier molecular flexibility index (Phi) is 6.19. The van der Waals surface area contributed by atoms with Gasteiger partial charge in [0, 0.05) is 29.6 Å². The molecule has 0 atom stereocenters. The van der Waals surface area contributed by atoms with Crippen molar-refractivity contribution in [2.45, 2.75) is 12.8 Å². The number of alkyl halides is 3. The third-order valence-corrected chi connectivity index (χ3v) is 4.93. The van der Waals surface area contributed by atoms with Crippen LogP contribution in [0.2, 0.25) is 5.15 Å². The molecule has 0 fully saturated rings. The standard InChI is InChI=1S/C22H15ClF4N4O2/c1-32-17-9-13(33-11-16-15(22(25,26)27)3-2-8-28-16)5-6-14(17)19-20(23)31-21(30-19)12-4-7-18(24)29-10-12/h2-10H,11H2,1H3,(H,30,31). The van der Waals surface area contributed by atoms with Crippen molar-refractivity contribution in [3.8, 4) is 34.1 Å². The van der Waals surface area contributed by atoms with E-state index in [0.717, 1.165) is 6.07 Å². The summed E-state index contributed by atoms with van der Waals surface area (Å²) in [6.07, 6.45) is -1.95. The Balaban J connectivity index is 1.59. The summed E-state index contributed by atoms with van der Waals surface area (Å²) >= 11 is 6.32. The van der Waals surface area contributed by atoms with Crippen molar-refractivity contribution in [1.82, 2.24) is 19.9 Å². The van der Waals surface area contributed by atoms with Gasteiger partial charge in [0.15, 0.2) is 0 Å². The number of hydrogen-bond donors (Lipinski definition) is 1. The Hall–Kier alpha value is -3.66. The lowest BCUT2D eigenvalue weighted by Gasteiger charge is -2.14. The molecule has 0 saturated carbocycles. The van der Waals surface area contributed by atoms with Crippen LogP contribution in [0.5, 0.6) is 11.5 Å². The van der Waals surface area contributed by atoms with Crippen molar-refractivity contribution in [3.63, 3.8) is 0 Å². The zero-order valence-electron chi connectivity index (χ0n) is 17.0. The summed E-state index contributed by atoms with van der Waals surface area (Å²) < 4.78 is 63.5. The highest BCUT2D eigenvalue weighted by Gasteiger charge is 2.34. The summed E-state index contributed by atoms with van der Waals surface area (Å²) in [7, 11) is 1.43. The molecule has 0 amide bonds. The van der Waals surface area contributed by atoms with E-state index in [0.29, 0.717) is 28.4 Å². The van der Waals surface area contributed by atoms with Crippen molar-refractivity contribution < 1.29 is 27.0 Å². The third-order valence-electron chi connectivity index (χ3n) is 4.66. The van der Waals surface area contributed by atoms with E-state index in [-0.39, 0.29) is 23.2 Å². The molecule has 170 valence electrons. The molecular formula is C22H15ClF4N4O2. The van der Waals surface area contributed by atoms with Crippen LogP contribution >= 0.6 is 11.6 Å². The number of aromatic nitrogens is 4. The van der Waals surface area contributed by atoms with Crippen LogP contribution in [-0.2, 0) is 12.8 Å². The van der Waals surface area contributed by atoms with Gasteiger partial charge in [0.25, 0.3) is 0 Å². The number of methoxy groups -OCH3 is 1. The van der Waals surface area contributed by atoms with E-state index in [1.165, 1.54) is 43.8 Å². The fourth-order valence-electron chi connectivity index (χ4n) is 3.10. The highest BCUT2D eigenvalue weighted by molar-refractivity contribution is 6.32. The van der Waals surface area contributed by atoms with E-state index in [1.807, 2.05) is 0 Å². The number of halogens is 5. The van der Waals surface area contributed by atoms with Crippen LogP contribution in [-0.4, -0.2) is 27.0 Å². The maximum Gasteiger partial charge on any atom is 0.418 e. The molecule has 1 N–H and O–H groups in total. The molecule has 0 aliphatic rings. The first-order chi connectivity index (χ1) is 15.8. The summed E-state index contributed by atoms with van der Waals surface area (Å²) in [5.74, 6) is 0.354. The van der Waals surface area contributed by atoms with Crippen LogP contribution in [0, 0.1) is 5.95 Å². The van der Waals surface area contributed by atoms with Crippen molar-refractivity contribution in [2.24, 2.45) is 0 Å². The summed E-state index contributed by atoms with van der Waals surface area (Å²) in [5, 5.41) is 0.213. The van der Waals surface area contributed by atoms with Crippen LogP contribution in [0.3, 0.4) is 0 Å². The van der Waals surface area contributed by atoms with Gasteiger partial charge in [0.05, 0.1) is 18.4 Å². The lowest BCUT2D eigenvalue weighted by molar-refractivity contribution is -0.138. The van der Waals surface area contributed by atoms with Gasteiger partial charge in [-0.2, -0.15) is 17.6 Å². The average molecular weight is 479 g/mol. The first-order valence-electron chi connectivity index (χ1n) is 9.46. The summed E-state index contributed by atoms with van der Waals surface area (Å²) in [4.78, 5) is 14.7. The van der Waals surface area contributed by atoms with Crippen molar-refractivity contribution >= 4 is 11.6 Å². The number of benzene rings is 1. The maximum atomic E-state index is 13.2. The molecule has 0 aliphatic heterocycles. The lowest BCUT2D eigenvalue weighted by Crippen LogP contribution is -2.12. The molecule has 0 unspecified atom stereocenters. The fraction of sp³-hybridized carbons (Fsp3) is 0.136. The van der Waals surface area contributed by atoms with Gasteiger partial charge in [0.2, 0.25) is 5.95 Å². The lowest BCUT2D eigenvalue weighted by atomic mass is 10.1. The molecule has 0 bridgehead atoms. The van der Waals surface area contributed by atoms with E-state index >= 15 is 0 Å².